The maximum absolute atomic E-state index is 5.47. The van der Waals surface area contributed by atoms with Crippen molar-refractivity contribution in [3.05, 3.63) is 152 Å². The molecule has 0 aliphatic rings. The van der Waals surface area contributed by atoms with Crippen LogP contribution >= 0.6 is 11.3 Å². The summed E-state index contributed by atoms with van der Waals surface area (Å²) >= 11 is 1.85. The maximum Gasteiger partial charge on any atom is 0.0972 e. The Morgan fingerprint density at radius 3 is 1.79 bits per heavy atom. The number of benzene rings is 6. The van der Waals surface area contributed by atoms with Crippen LogP contribution in [0.15, 0.2) is 152 Å². The molecule has 3 nitrogen and oxygen atoms in total. The van der Waals surface area contributed by atoms with Gasteiger partial charge in [-0.15, -0.1) is 11.3 Å². The molecule has 0 aliphatic carbocycles. The summed E-state index contributed by atoms with van der Waals surface area (Å²) in [6.45, 7) is 0. The van der Waals surface area contributed by atoms with Crippen molar-refractivity contribution in [3.63, 3.8) is 0 Å². The van der Waals surface area contributed by atoms with Crippen LogP contribution in [0.5, 0.6) is 0 Å². The minimum Gasteiger partial charge on any atom is -0.246 e. The second-order valence-electron chi connectivity index (χ2n) is 12.0. The van der Waals surface area contributed by atoms with E-state index in [4.69, 9.17) is 15.0 Å². The summed E-state index contributed by atoms with van der Waals surface area (Å²) in [7, 11) is 0. The van der Waals surface area contributed by atoms with Crippen molar-refractivity contribution in [2.45, 2.75) is 0 Å². The molecule has 10 aromatic rings. The molecule has 0 amide bonds. The molecule has 0 unspecified atom stereocenters. The zero-order valence-corrected chi connectivity index (χ0v) is 26.0. The lowest BCUT2D eigenvalue weighted by Gasteiger charge is -2.14. The Balaban J connectivity index is 1.29. The van der Waals surface area contributed by atoms with Gasteiger partial charge in [0.1, 0.15) is 0 Å². The van der Waals surface area contributed by atoms with E-state index < -0.39 is 0 Å². The zero-order chi connectivity index (χ0) is 30.9. The van der Waals surface area contributed by atoms with Gasteiger partial charge in [-0.2, -0.15) is 0 Å². The third-order valence-corrected chi connectivity index (χ3v) is 10.4. The van der Waals surface area contributed by atoms with E-state index in [-0.39, 0.29) is 0 Å². The molecule has 0 bridgehead atoms. The molecule has 4 heterocycles. The second kappa shape index (κ2) is 10.3. The van der Waals surface area contributed by atoms with Crippen molar-refractivity contribution in [2.75, 3.05) is 0 Å². The Morgan fingerprint density at radius 1 is 0.362 bits per heavy atom. The Labute approximate surface area is 274 Å². The predicted octanol–water partition coefficient (Wildman–Crippen LogP) is 11.9. The highest BCUT2D eigenvalue weighted by atomic mass is 32.1. The smallest absolute Gasteiger partial charge is 0.0972 e. The number of para-hydroxylation sites is 1. The van der Waals surface area contributed by atoms with Crippen LogP contribution in [0.25, 0.3) is 97.4 Å². The number of aromatic nitrogens is 3. The molecule has 47 heavy (non-hydrogen) atoms. The minimum atomic E-state index is 0.885. The summed E-state index contributed by atoms with van der Waals surface area (Å²) in [5.74, 6) is 0. The van der Waals surface area contributed by atoms with Crippen LogP contribution in [0, 0.1) is 0 Å². The van der Waals surface area contributed by atoms with Crippen molar-refractivity contribution in [1.29, 1.82) is 0 Å². The lowest BCUT2D eigenvalue weighted by molar-refractivity contribution is 1.36. The summed E-state index contributed by atoms with van der Waals surface area (Å²) < 4.78 is 2.58. The average Bonchev–Trinajstić information content (AvgIpc) is 3.53. The van der Waals surface area contributed by atoms with Crippen molar-refractivity contribution < 1.29 is 0 Å². The first-order chi connectivity index (χ1) is 23.3. The van der Waals surface area contributed by atoms with Gasteiger partial charge in [0, 0.05) is 63.8 Å². The molecular weight excluding hydrogens is 591 g/mol. The van der Waals surface area contributed by atoms with Crippen LogP contribution < -0.4 is 0 Å². The first-order valence-corrected chi connectivity index (χ1v) is 16.6. The Bertz CT molecular complexity index is 2840. The van der Waals surface area contributed by atoms with Crippen LogP contribution in [0.4, 0.5) is 0 Å². The molecule has 4 aromatic heterocycles. The van der Waals surface area contributed by atoms with Crippen molar-refractivity contribution in [1.82, 2.24) is 15.0 Å². The molecule has 4 heteroatoms. The maximum atomic E-state index is 5.47. The van der Waals surface area contributed by atoms with Gasteiger partial charge in [-0.3, -0.25) is 0 Å². The highest BCUT2D eigenvalue weighted by Crippen LogP contribution is 2.44. The first kappa shape index (κ1) is 26.3. The standard InChI is InChI=1S/C43H25N3S/c1-3-10-26(11-4-1)34-23-20-28-18-19-29-21-24-35(45-42(29)41(28)44-34)30-15-9-16-32-38-33(40(46-43(30)32)27-12-5-2-6-13-27)22-25-37-39(38)31-14-7-8-17-36(31)47-37/h1-25H. The summed E-state index contributed by atoms with van der Waals surface area (Å²) in [5.41, 5.74) is 8.76. The number of fused-ring (bicyclic) bond motifs is 10. The van der Waals surface area contributed by atoms with Gasteiger partial charge in [0.15, 0.2) is 0 Å². The van der Waals surface area contributed by atoms with E-state index >= 15 is 0 Å². The average molecular weight is 616 g/mol. The second-order valence-corrected chi connectivity index (χ2v) is 13.0. The normalized spacial score (nSPS) is 11.8. The van der Waals surface area contributed by atoms with Gasteiger partial charge in [0.25, 0.3) is 0 Å². The summed E-state index contributed by atoms with van der Waals surface area (Å²) in [4.78, 5) is 16.0. The molecule has 0 N–H and O–H groups in total. The SMILES string of the molecule is c1ccc(-c2ccc3ccc4ccc(-c5cccc6c5nc(-c5ccccc5)c5ccc7sc8ccccc8c7c56)nc4c3n2)cc1. The first-order valence-electron chi connectivity index (χ1n) is 15.8. The number of pyridine rings is 3. The van der Waals surface area contributed by atoms with E-state index in [2.05, 4.69) is 133 Å². The van der Waals surface area contributed by atoms with E-state index in [1.165, 1.54) is 25.6 Å². The summed E-state index contributed by atoms with van der Waals surface area (Å²) in [5, 5.41) is 8.25. The van der Waals surface area contributed by atoms with E-state index in [0.29, 0.717) is 0 Å². The molecule has 0 saturated heterocycles. The van der Waals surface area contributed by atoms with E-state index in [9.17, 15) is 0 Å². The van der Waals surface area contributed by atoms with Gasteiger partial charge < -0.3 is 0 Å². The van der Waals surface area contributed by atoms with Crippen molar-refractivity contribution in [2.24, 2.45) is 0 Å². The van der Waals surface area contributed by atoms with Gasteiger partial charge in [-0.25, -0.2) is 15.0 Å². The van der Waals surface area contributed by atoms with E-state index in [1.54, 1.807) is 0 Å². The van der Waals surface area contributed by atoms with Crippen LogP contribution in [0.3, 0.4) is 0 Å². The van der Waals surface area contributed by atoms with Gasteiger partial charge in [-0.1, -0.05) is 127 Å². The molecule has 0 atom stereocenters. The quantitative estimate of drug-likeness (QED) is 0.186. The lowest BCUT2D eigenvalue weighted by atomic mass is 9.94. The molecule has 0 radical (unpaired) electrons. The summed E-state index contributed by atoms with van der Waals surface area (Å²) in [6, 6.07) is 53.4. The van der Waals surface area contributed by atoms with Gasteiger partial charge >= 0.3 is 0 Å². The minimum absolute atomic E-state index is 0.885. The van der Waals surface area contributed by atoms with Gasteiger partial charge in [0.05, 0.1) is 33.6 Å². The highest BCUT2D eigenvalue weighted by molar-refractivity contribution is 7.26. The van der Waals surface area contributed by atoms with Crippen LogP contribution in [-0.2, 0) is 0 Å². The number of hydrogen-bond donors (Lipinski definition) is 0. The van der Waals surface area contributed by atoms with Crippen LogP contribution in [0.1, 0.15) is 0 Å². The molecule has 0 spiro atoms. The molecule has 0 aliphatic heterocycles. The predicted molar refractivity (Wildman–Crippen MR) is 199 cm³/mol. The number of rotatable bonds is 3. The van der Waals surface area contributed by atoms with Crippen molar-refractivity contribution in [3.8, 4) is 33.8 Å². The Hall–Kier alpha value is -5.97. The summed E-state index contributed by atoms with van der Waals surface area (Å²) in [6.07, 6.45) is 0. The Kier molecular flexibility index (Phi) is 5.74. The van der Waals surface area contributed by atoms with Crippen LogP contribution in [-0.4, -0.2) is 15.0 Å². The van der Waals surface area contributed by atoms with Gasteiger partial charge in [0.2, 0.25) is 0 Å². The monoisotopic (exact) mass is 615 g/mol. The molecular formula is C43H25N3S. The molecule has 10 rings (SSSR count). The fraction of sp³-hybridized carbons (Fsp3) is 0. The molecule has 0 saturated carbocycles. The fourth-order valence-corrected chi connectivity index (χ4v) is 8.16. The topological polar surface area (TPSA) is 38.7 Å². The van der Waals surface area contributed by atoms with Gasteiger partial charge in [-0.05, 0) is 24.3 Å². The lowest BCUT2D eigenvalue weighted by Crippen LogP contribution is -1.95. The zero-order valence-electron chi connectivity index (χ0n) is 25.2. The third kappa shape index (κ3) is 4.09. The third-order valence-electron chi connectivity index (χ3n) is 9.24. The van der Waals surface area contributed by atoms with Crippen LogP contribution in [0.2, 0.25) is 0 Å². The van der Waals surface area contributed by atoms with Crippen molar-refractivity contribution >= 4 is 75.0 Å². The Morgan fingerprint density at radius 2 is 1.00 bits per heavy atom. The fourth-order valence-electron chi connectivity index (χ4n) is 7.04. The van der Waals surface area contributed by atoms with E-state index in [0.717, 1.165) is 71.9 Å². The highest BCUT2D eigenvalue weighted by Gasteiger charge is 2.19. The van der Waals surface area contributed by atoms with E-state index in [1.807, 2.05) is 29.5 Å². The largest absolute Gasteiger partial charge is 0.246 e. The molecule has 6 aromatic carbocycles. The number of thiophene rings is 1. The number of hydrogen-bond acceptors (Lipinski definition) is 4. The molecule has 218 valence electrons. The number of nitrogens with zero attached hydrogens (tertiary/aromatic N) is 3. The molecule has 0 fully saturated rings.